The zero-order valence-corrected chi connectivity index (χ0v) is 12.7. The molecule has 3 aromatic rings. The predicted octanol–water partition coefficient (Wildman–Crippen LogP) is 3.97. The SMILES string of the molecule is CCn1nc(CN[C@H](C)c2cccs2)c2ccccc21. The summed E-state index contributed by atoms with van der Waals surface area (Å²) in [6.07, 6.45) is 0. The van der Waals surface area contributed by atoms with Crippen LogP contribution in [0, 0.1) is 0 Å². The largest absolute Gasteiger partial charge is 0.304 e. The molecule has 0 unspecified atom stereocenters. The van der Waals surface area contributed by atoms with E-state index in [-0.39, 0.29) is 0 Å². The monoisotopic (exact) mass is 285 g/mol. The molecule has 3 rings (SSSR count). The summed E-state index contributed by atoms with van der Waals surface area (Å²) in [5, 5.41) is 11.7. The number of thiophene rings is 1. The Morgan fingerprint density at radius 1 is 1.25 bits per heavy atom. The second kappa shape index (κ2) is 5.77. The minimum Gasteiger partial charge on any atom is -0.304 e. The van der Waals surface area contributed by atoms with Gasteiger partial charge in [0.1, 0.15) is 0 Å². The fraction of sp³-hybridized carbons (Fsp3) is 0.312. The van der Waals surface area contributed by atoms with Gasteiger partial charge in [-0.05, 0) is 31.4 Å². The molecule has 0 aliphatic carbocycles. The molecule has 1 atom stereocenters. The third kappa shape index (κ3) is 2.49. The highest BCUT2D eigenvalue weighted by Crippen LogP contribution is 2.21. The van der Waals surface area contributed by atoms with Crippen molar-refractivity contribution in [2.45, 2.75) is 33.0 Å². The summed E-state index contributed by atoms with van der Waals surface area (Å²) in [5.41, 5.74) is 2.35. The maximum atomic E-state index is 4.72. The molecule has 1 N–H and O–H groups in total. The number of aryl methyl sites for hydroxylation is 1. The topological polar surface area (TPSA) is 29.9 Å². The summed E-state index contributed by atoms with van der Waals surface area (Å²) >= 11 is 1.79. The zero-order valence-electron chi connectivity index (χ0n) is 11.8. The maximum Gasteiger partial charge on any atom is 0.0841 e. The number of fused-ring (bicyclic) bond motifs is 1. The highest BCUT2D eigenvalue weighted by molar-refractivity contribution is 7.10. The third-order valence-electron chi connectivity index (χ3n) is 3.58. The molecule has 0 aliphatic heterocycles. The minimum absolute atomic E-state index is 0.362. The first-order chi connectivity index (χ1) is 9.79. The summed E-state index contributed by atoms with van der Waals surface area (Å²) in [6, 6.07) is 13.1. The van der Waals surface area contributed by atoms with Crippen molar-refractivity contribution in [2.24, 2.45) is 0 Å². The summed E-state index contributed by atoms with van der Waals surface area (Å²) in [4.78, 5) is 1.37. The second-order valence-corrected chi connectivity index (χ2v) is 5.88. The van der Waals surface area contributed by atoms with Gasteiger partial charge < -0.3 is 5.32 Å². The second-order valence-electron chi connectivity index (χ2n) is 4.90. The van der Waals surface area contributed by atoms with Gasteiger partial charge in [-0.15, -0.1) is 11.3 Å². The molecule has 1 aromatic carbocycles. The Hall–Kier alpha value is -1.65. The molecular formula is C16H19N3S. The number of para-hydroxylation sites is 1. The van der Waals surface area contributed by atoms with E-state index in [0.29, 0.717) is 6.04 Å². The first-order valence-electron chi connectivity index (χ1n) is 7.00. The molecule has 104 valence electrons. The van der Waals surface area contributed by atoms with E-state index in [1.165, 1.54) is 15.8 Å². The fourth-order valence-corrected chi connectivity index (χ4v) is 3.21. The molecule has 2 aromatic heterocycles. The lowest BCUT2D eigenvalue weighted by Gasteiger charge is -2.10. The lowest BCUT2D eigenvalue weighted by atomic mass is 10.2. The fourth-order valence-electron chi connectivity index (χ4n) is 2.46. The lowest BCUT2D eigenvalue weighted by Crippen LogP contribution is -2.17. The van der Waals surface area contributed by atoms with Gasteiger partial charge in [0.15, 0.2) is 0 Å². The Labute approximate surface area is 123 Å². The van der Waals surface area contributed by atoms with Crippen molar-refractivity contribution in [2.75, 3.05) is 0 Å². The van der Waals surface area contributed by atoms with Gasteiger partial charge in [0.05, 0.1) is 11.2 Å². The Bertz CT molecular complexity index is 685. The molecule has 0 bridgehead atoms. The van der Waals surface area contributed by atoms with Crippen LogP contribution in [-0.4, -0.2) is 9.78 Å². The molecule has 0 spiro atoms. The van der Waals surface area contributed by atoms with Crippen LogP contribution < -0.4 is 5.32 Å². The van der Waals surface area contributed by atoms with Crippen molar-refractivity contribution in [3.63, 3.8) is 0 Å². The van der Waals surface area contributed by atoms with Gasteiger partial charge in [-0.2, -0.15) is 5.10 Å². The molecule has 4 heteroatoms. The van der Waals surface area contributed by atoms with E-state index >= 15 is 0 Å². The molecule has 3 nitrogen and oxygen atoms in total. The molecule has 0 fully saturated rings. The van der Waals surface area contributed by atoms with Crippen molar-refractivity contribution < 1.29 is 0 Å². The Morgan fingerprint density at radius 3 is 2.85 bits per heavy atom. The maximum absolute atomic E-state index is 4.72. The molecular weight excluding hydrogens is 266 g/mol. The van der Waals surface area contributed by atoms with Crippen molar-refractivity contribution in [3.8, 4) is 0 Å². The quantitative estimate of drug-likeness (QED) is 0.768. The van der Waals surface area contributed by atoms with Crippen LogP contribution in [0.3, 0.4) is 0 Å². The summed E-state index contributed by atoms with van der Waals surface area (Å²) in [5.74, 6) is 0. The van der Waals surface area contributed by atoms with E-state index in [4.69, 9.17) is 5.10 Å². The van der Waals surface area contributed by atoms with Gasteiger partial charge in [0.25, 0.3) is 0 Å². The van der Waals surface area contributed by atoms with Crippen LogP contribution in [0.1, 0.15) is 30.5 Å². The molecule has 0 radical (unpaired) electrons. The van der Waals surface area contributed by atoms with Crippen molar-refractivity contribution >= 4 is 22.2 Å². The molecule has 0 saturated heterocycles. The van der Waals surface area contributed by atoms with Gasteiger partial charge in [-0.1, -0.05) is 24.3 Å². The summed E-state index contributed by atoms with van der Waals surface area (Å²) in [6.45, 7) is 6.03. The first-order valence-corrected chi connectivity index (χ1v) is 7.88. The van der Waals surface area contributed by atoms with Crippen LogP contribution in [-0.2, 0) is 13.1 Å². The zero-order chi connectivity index (χ0) is 13.9. The number of benzene rings is 1. The highest BCUT2D eigenvalue weighted by atomic mass is 32.1. The van der Waals surface area contributed by atoms with Crippen LogP contribution in [0.25, 0.3) is 10.9 Å². The highest BCUT2D eigenvalue weighted by Gasteiger charge is 2.11. The van der Waals surface area contributed by atoms with Gasteiger partial charge in [-0.25, -0.2) is 0 Å². The number of nitrogens with zero attached hydrogens (tertiary/aromatic N) is 2. The molecule has 2 heterocycles. The van der Waals surface area contributed by atoms with Gasteiger partial charge >= 0.3 is 0 Å². The predicted molar refractivity (Wildman–Crippen MR) is 85.0 cm³/mol. The minimum atomic E-state index is 0.362. The van der Waals surface area contributed by atoms with Crippen LogP contribution in [0.15, 0.2) is 41.8 Å². The van der Waals surface area contributed by atoms with Crippen molar-refractivity contribution in [1.82, 2.24) is 15.1 Å². The van der Waals surface area contributed by atoms with Gasteiger partial charge in [-0.3, -0.25) is 4.68 Å². The average molecular weight is 285 g/mol. The number of hydrogen-bond donors (Lipinski definition) is 1. The first kappa shape index (κ1) is 13.3. The lowest BCUT2D eigenvalue weighted by molar-refractivity contribution is 0.565. The van der Waals surface area contributed by atoms with Gasteiger partial charge in [0.2, 0.25) is 0 Å². The van der Waals surface area contributed by atoms with Crippen LogP contribution in [0.4, 0.5) is 0 Å². The molecule has 0 saturated carbocycles. The van der Waals surface area contributed by atoms with Crippen molar-refractivity contribution in [3.05, 3.63) is 52.3 Å². The van der Waals surface area contributed by atoms with E-state index in [1.54, 1.807) is 11.3 Å². The van der Waals surface area contributed by atoms with E-state index in [1.807, 2.05) is 0 Å². The number of aromatic nitrogens is 2. The number of rotatable bonds is 5. The van der Waals surface area contributed by atoms with Crippen LogP contribution >= 0.6 is 11.3 Å². The third-order valence-corrected chi connectivity index (χ3v) is 4.63. The molecule has 20 heavy (non-hydrogen) atoms. The van der Waals surface area contributed by atoms with E-state index < -0.39 is 0 Å². The van der Waals surface area contributed by atoms with Crippen LogP contribution in [0.2, 0.25) is 0 Å². The van der Waals surface area contributed by atoms with E-state index in [2.05, 4.69) is 65.6 Å². The van der Waals surface area contributed by atoms with Gasteiger partial charge in [0, 0.05) is 29.4 Å². The molecule has 0 aliphatic rings. The van der Waals surface area contributed by atoms with E-state index in [0.717, 1.165) is 18.8 Å². The standard InChI is InChI=1S/C16H19N3S/c1-3-19-15-8-5-4-7-13(15)14(18-19)11-17-12(2)16-9-6-10-20-16/h4-10,12,17H,3,11H2,1-2H3/t12-/m1/s1. The molecule has 0 amide bonds. The Balaban J connectivity index is 1.81. The smallest absolute Gasteiger partial charge is 0.0841 e. The number of hydrogen-bond acceptors (Lipinski definition) is 3. The summed E-state index contributed by atoms with van der Waals surface area (Å²) < 4.78 is 2.07. The summed E-state index contributed by atoms with van der Waals surface area (Å²) in [7, 11) is 0. The van der Waals surface area contributed by atoms with E-state index in [9.17, 15) is 0 Å². The average Bonchev–Trinajstić information content (AvgIpc) is 3.13. The van der Waals surface area contributed by atoms with Crippen molar-refractivity contribution in [1.29, 1.82) is 0 Å². The Kier molecular flexibility index (Phi) is 3.85. The van der Waals surface area contributed by atoms with Crippen LogP contribution in [0.5, 0.6) is 0 Å². The normalized spacial score (nSPS) is 12.9. The number of nitrogens with one attached hydrogen (secondary N) is 1. The Morgan fingerprint density at radius 2 is 2.10 bits per heavy atom.